The summed E-state index contributed by atoms with van der Waals surface area (Å²) in [6.07, 6.45) is -2.19. The summed E-state index contributed by atoms with van der Waals surface area (Å²) in [7, 11) is 0. The van der Waals surface area contributed by atoms with Crippen LogP contribution in [0.2, 0.25) is 0 Å². The normalized spacial score (nSPS) is 27.5. The van der Waals surface area contributed by atoms with Crippen molar-refractivity contribution in [1.29, 1.82) is 0 Å². The largest absolute Gasteiger partial charge is 1.00 e. The molecule has 5 rings (SSSR count). The van der Waals surface area contributed by atoms with Crippen molar-refractivity contribution >= 4 is 17.8 Å². The van der Waals surface area contributed by atoms with E-state index in [4.69, 9.17) is 28.4 Å². The fraction of sp³-hybridized carbons (Fsp3) is 0.559. The van der Waals surface area contributed by atoms with Gasteiger partial charge < -0.3 is 43.6 Å². The summed E-state index contributed by atoms with van der Waals surface area (Å²) in [6, 6.07) is 18.8. The molecule has 0 amide bonds. The van der Waals surface area contributed by atoms with Crippen LogP contribution in [0.25, 0.3) is 0 Å². The maximum Gasteiger partial charge on any atom is 1.00 e. The van der Waals surface area contributed by atoms with E-state index in [1.54, 1.807) is 27.7 Å². The number of ether oxygens (including phenoxy) is 6. The van der Waals surface area contributed by atoms with E-state index >= 15 is 0 Å². The Labute approximate surface area is 291 Å². The van der Waals surface area contributed by atoms with Gasteiger partial charge in [0, 0.05) is 6.54 Å². The SMILES string of the molecule is CC1(C)O[C@H]2[C@@H](O1)[C@@H](COC(=O)CCN=C([O-])[C@H](Cc1ccccc1)C[C@@H](Cc1ccccc1)C(=O)O)O[C@@H]1OC(C)(C)O[C@@H]12.[Na+]. The van der Waals surface area contributed by atoms with Gasteiger partial charge in [0.25, 0.3) is 0 Å². The molecule has 12 heteroatoms. The van der Waals surface area contributed by atoms with Crippen LogP contribution >= 0.6 is 0 Å². The summed E-state index contributed by atoms with van der Waals surface area (Å²) >= 11 is 0. The third-order valence-corrected chi connectivity index (χ3v) is 8.16. The van der Waals surface area contributed by atoms with E-state index in [9.17, 15) is 19.8 Å². The first-order valence-corrected chi connectivity index (χ1v) is 15.4. The number of benzene rings is 2. The van der Waals surface area contributed by atoms with Gasteiger partial charge in [-0.25, -0.2) is 0 Å². The molecule has 244 valence electrons. The maximum absolute atomic E-state index is 13.3. The molecule has 46 heavy (non-hydrogen) atoms. The van der Waals surface area contributed by atoms with Crippen LogP contribution in [0.15, 0.2) is 65.7 Å². The maximum atomic E-state index is 13.3. The molecule has 7 atom stereocenters. The average Bonchev–Trinajstić information content (AvgIpc) is 3.49. The van der Waals surface area contributed by atoms with Crippen molar-refractivity contribution in [2.45, 2.75) is 95.7 Å². The molecule has 1 N–H and O–H groups in total. The molecule has 3 fully saturated rings. The molecule has 0 aromatic heterocycles. The molecule has 2 aromatic rings. The number of aliphatic imine (C=N–C) groups is 1. The molecular formula is C34H42NNaO10. The summed E-state index contributed by atoms with van der Waals surface area (Å²) in [5, 5.41) is 23.3. The topological polar surface area (TPSA) is 145 Å². The van der Waals surface area contributed by atoms with Crippen LogP contribution in [0, 0.1) is 11.8 Å². The Morgan fingerprint density at radius 2 is 1.39 bits per heavy atom. The van der Waals surface area contributed by atoms with Crippen molar-refractivity contribution < 1.29 is 77.8 Å². The van der Waals surface area contributed by atoms with E-state index in [0.29, 0.717) is 12.8 Å². The van der Waals surface area contributed by atoms with Crippen molar-refractivity contribution in [1.82, 2.24) is 0 Å². The van der Waals surface area contributed by atoms with Crippen molar-refractivity contribution in [2.24, 2.45) is 16.8 Å². The number of hydrogen-bond acceptors (Lipinski definition) is 10. The Kier molecular flexibility index (Phi) is 12.5. The smallest absolute Gasteiger partial charge is 0.862 e. The van der Waals surface area contributed by atoms with E-state index in [1.807, 2.05) is 60.7 Å². The minimum atomic E-state index is -0.968. The summed E-state index contributed by atoms with van der Waals surface area (Å²) < 4.78 is 35.6. The monoisotopic (exact) mass is 647 g/mol. The second kappa shape index (κ2) is 15.7. The molecule has 3 aliphatic rings. The molecule has 11 nitrogen and oxygen atoms in total. The average molecular weight is 648 g/mol. The predicted octanol–water partition coefficient (Wildman–Crippen LogP) is 0.272. The Bertz CT molecular complexity index is 1340. The Balaban J connectivity index is 0.00000480. The van der Waals surface area contributed by atoms with Crippen LogP contribution in [0.1, 0.15) is 51.7 Å². The van der Waals surface area contributed by atoms with Gasteiger partial charge in [-0.3, -0.25) is 9.59 Å². The molecule has 0 radical (unpaired) electrons. The number of fused-ring (bicyclic) bond motifs is 3. The van der Waals surface area contributed by atoms with Crippen LogP contribution in [-0.2, 0) is 50.9 Å². The summed E-state index contributed by atoms with van der Waals surface area (Å²) in [5.74, 6) is -5.12. The first-order valence-electron chi connectivity index (χ1n) is 15.4. The van der Waals surface area contributed by atoms with Crippen LogP contribution in [-0.4, -0.2) is 78.4 Å². The number of carboxylic acid groups (broad SMARTS) is 1. The second-order valence-corrected chi connectivity index (χ2v) is 12.7. The van der Waals surface area contributed by atoms with Gasteiger partial charge in [-0.15, -0.1) is 0 Å². The van der Waals surface area contributed by atoms with E-state index in [2.05, 4.69) is 4.99 Å². The Hall–Kier alpha value is -2.35. The molecule has 0 saturated carbocycles. The zero-order valence-corrected chi connectivity index (χ0v) is 29.1. The van der Waals surface area contributed by atoms with E-state index in [0.717, 1.165) is 11.1 Å². The van der Waals surface area contributed by atoms with Gasteiger partial charge in [0.05, 0.1) is 12.3 Å². The predicted molar refractivity (Wildman–Crippen MR) is 160 cm³/mol. The van der Waals surface area contributed by atoms with Gasteiger partial charge in [0.1, 0.15) is 31.0 Å². The third-order valence-electron chi connectivity index (χ3n) is 8.16. The molecule has 0 spiro atoms. The number of carbonyl (C=O) groups is 2. The van der Waals surface area contributed by atoms with Gasteiger partial charge in [-0.1, -0.05) is 60.7 Å². The van der Waals surface area contributed by atoms with Gasteiger partial charge in [0.15, 0.2) is 17.9 Å². The van der Waals surface area contributed by atoms with E-state index < -0.39 is 72.0 Å². The molecular weight excluding hydrogens is 605 g/mol. The quantitative estimate of drug-likeness (QED) is 0.139. The molecule has 0 unspecified atom stereocenters. The Morgan fingerprint density at radius 3 is 2.00 bits per heavy atom. The molecule has 3 heterocycles. The van der Waals surface area contributed by atoms with Crippen LogP contribution in [0.3, 0.4) is 0 Å². The van der Waals surface area contributed by atoms with Crippen LogP contribution < -0.4 is 34.7 Å². The van der Waals surface area contributed by atoms with Crippen LogP contribution in [0.5, 0.6) is 0 Å². The molecule has 3 saturated heterocycles. The number of hydrogen-bond donors (Lipinski definition) is 1. The van der Waals surface area contributed by atoms with Gasteiger partial charge in [-0.05, 0) is 69.9 Å². The number of carbonyl (C=O) groups excluding carboxylic acids is 1. The summed E-state index contributed by atoms with van der Waals surface area (Å²) in [5.41, 5.74) is 1.79. The molecule has 3 aliphatic heterocycles. The zero-order chi connectivity index (χ0) is 32.2. The summed E-state index contributed by atoms with van der Waals surface area (Å²) in [4.78, 5) is 29.0. The molecule has 2 aromatic carbocycles. The number of rotatable bonds is 13. The Morgan fingerprint density at radius 1 is 0.848 bits per heavy atom. The number of esters is 1. The molecule has 0 bridgehead atoms. The van der Waals surface area contributed by atoms with E-state index in [-0.39, 0.29) is 55.6 Å². The number of aliphatic carboxylic acids is 1. The van der Waals surface area contributed by atoms with E-state index in [1.165, 1.54) is 0 Å². The van der Waals surface area contributed by atoms with Crippen LogP contribution in [0.4, 0.5) is 0 Å². The fourth-order valence-corrected chi connectivity index (χ4v) is 6.14. The summed E-state index contributed by atoms with van der Waals surface area (Å²) in [6.45, 7) is 7.00. The minimum absolute atomic E-state index is 0. The van der Waals surface area contributed by atoms with Gasteiger partial charge >= 0.3 is 41.5 Å². The standard InChI is InChI=1S/C34H43NO10.Na/c1-33(2)42-27-25(41-32-29(28(27)43-33)44-34(3,4)45-32)20-40-26(36)15-16-35-30(37)23(17-21-11-7-5-8-12-21)19-24(31(38)39)18-22-13-9-6-10-14-22;/h5-14,23-25,27-29,32H,15-20H2,1-4H3,(H,35,37)(H,38,39);/q;+1/p-1/t23-,24-,25-,27+,28+,29-,32-;/m1./s1. The van der Waals surface area contributed by atoms with Crippen molar-refractivity contribution in [3.05, 3.63) is 71.8 Å². The van der Waals surface area contributed by atoms with Crippen molar-refractivity contribution in [3.8, 4) is 0 Å². The second-order valence-electron chi connectivity index (χ2n) is 12.7. The zero-order valence-electron chi connectivity index (χ0n) is 27.1. The molecule has 0 aliphatic carbocycles. The first kappa shape index (κ1) is 36.5. The van der Waals surface area contributed by atoms with Gasteiger partial charge in [0.2, 0.25) is 0 Å². The van der Waals surface area contributed by atoms with Gasteiger partial charge in [-0.2, -0.15) is 0 Å². The number of nitrogens with zero attached hydrogens (tertiary/aromatic N) is 1. The number of carboxylic acids is 1. The fourth-order valence-electron chi connectivity index (χ4n) is 6.14. The van der Waals surface area contributed by atoms with Crippen molar-refractivity contribution in [3.63, 3.8) is 0 Å². The minimum Gasteiger partial charge on any atom is -0.862 e. The third kappa shape index (κ3) is 9.60. The van der Waals surface area contributed by atoms with Crippen molar-refractivity contribution in [2.75, 3.05) is 13.2 Å². The first-order chi connectivity index (χ1) is 21.4.